The Kier molecular flexibility index (Phi) is 7.99. The standard InChI is InChI=1S/C20H27F3N2O6/c1-12(10-28-2)25(11-20(21,22)23)19(27)13-6-17(26)24(9-13)14-7-15(29-3)18(31-5)16(8-14)30-4/h7-8,12-13H,6,9-11H2,1-5H3/t12-,13+/m0/s1. The monoisotopic (exact) mass is 448 g/mol. The molecule has 2 amide bonds. The van der Waals surface area contributed by atoms with Gasteiger partial charge in [-0.05, 0) is 6.92 Å². The first-order chi connectivity index (χ1) is 14.6. The Balaban J connectivity index is 2.30. The van der Waals surface area contributed by atoms with Crippen LogP contribution in [0, 0.1) is 5.92 Å². The molecule has 8 nitrogen and oxygen atoms in total. The molecule has 1 aliphatic heterocycles. The summed E-state index contributed by atoms with van der Waals surface area (Å²) >= 11 is 0. The Bertz CT molecular complexity index is 777. The van der Waals surface area contributed by atoms with Crippen molar-refractivity contribution in [3.63, 3.8) is 0 Å². The lowest BCUT2D eigenvalue weighted by Crippen LogP contribution is -2.49. The van der Waals surface area contributed by atoms with Gasteiger partial charge in [0.1, 0.15) is 6.54 Å². The van der Waals surface area contributed by atoms with Crippen LogP contribution in [0.15, 0.2) is 12.1 Å². The van der Waals surface area contributed by atoms with Crippen LogP contribution in [-0.2, 0) is 14.3 Å². The molecule has 1 saturated heterocycles. The fraction of sp³-hybridized carbons (Fsp3) is 0.600. The van der Waals surface area contributed by atoms with Gasteiger partial charge in [-0.25, -0.2) is 0 Å². The van der Waals surface area contributed by atoms with E-state index in [4.69, 9.17) is 18.9 Å². The van der Waals surface area contributed by atoms with Gasteiger partial charge in [-0.3, -0.25) is 9.59 Å². The lowest BCUT2D eigenvalue weighted by atomic mass is 10.1. The van der Waals surface area contributed by atoms with Crippen LogP contribution in [0.1, 0.15) is 13.3 Å². The molecule has 0 unspecified atom stereocenters. The minimum absolute atomic E-state index is 0.0565. The summed E-state index contributed by atoms with van der Waals surface area (Å²) in [5.74, 6) is -1.10. The van der Waals surface area contributed by atoms with Gasteiger partial charge in [0.25, 0.3) is 0 Å². The molecule has 2 atom stereocenters. The van der Waals surface area contributed by atoms with Gasteiger partial charge in [-0.2, -0.15) is 13.2 Å². The average molecular weight is 448 g/mol. The molecule has 174 valence electrons. The number of alkyl halides is 3. The quantitative estimate of drug-likeness (QED) is 0.578. The van der Waals surface area contributed by atoms with Crippen molar-refractivity contribution in [2.24, 2.45) is 5.92 Å². The summed E-state index contributed by atoms with van der Waals surface area (Å²) in [6.45, 7) is -0.0600. The molecule has 0 saturated carbocycles. The van der Waals surface area contributed by atoms with E-state index in [0.29, 0.717) is 22.9 Å². The van der Waals surface area contributed by atoms with E-state index in [1.165, 1.54) is 40.3 Å². The number of nitrogens with zero attached hydrogens (tertiary/aromatic N) is 2. The van der Waals surface area contributed by atoms with E-state index in [1.54, 1.807) is 12.1 Å². The van der Waals surface area contributed by atoms with Crippen molar-refractivity contribution in [2.45, 2.75) is 25.6 Å². The van der Waals surface area contributed by atoms with Gasteiger partial charge in [0, 0.05) is 32.2 Å². The zero-order valence-electron chi connectivity index (χ0n) is 18.1. The molecule has 0 aromatic heterocycles. The number of hydrogen-bond donors (Lipinski definition) is 0. The minimum Gasteiger partial charge on any atom is -0.493 e. The first-order valence-corrected chi connectivity index (χ1v) is 9.52. The van der Waals surface area contributed by atoms with E-state index < -0.39 is 30.6 Å². The van der Waals surface area contributed by atoms with Crippen LogP contribution in [0.5, 0.6) is 17.2 Å². The SMILES string of the molecule is COC[C@H](C)N(CC(F)(F)F)C(=O)[C@@H]1CC(=O)N(c2cc(OC)c(OC)c(OC)c2)C1. The van der Waals surface area contributed by atoms with E-state index in [9.17, 15) is 22.8 Å². The largest absolute Gasteiger partial charge is 0.493 e. The lowest BCUT2D eigenvalue weighted by Gasteiger charge is -2.31. The molecule has 2 rings (SSSR count). The van der Waals surface area contributed by atoms with Gasteiger partial charge < -0.3 is 28.7 Å². The first kappa shape index (κ1) is 24.6. The molecule has 0 radical (unpaired) electrons. The number of carbonyl (C=O) groups excluding carboxylic acids is 2. The number of anilines is 1. The fourth-order valence-corrected chi connectivity index (χ4v) is 3.56. The van der Waals surface area contributed by atoms with Crippen molar-refractivity contribution in [1.29, 1.82) is 0 Å². The van der Waals surface area contributed by atoms with Crippen LogP contribution in [0.3, 0.4) is 0 Å². The number of amides is 2. The summed E-state index contributed by atoms with van der Waals surface area (Å²) in [4.78, 5) is 27.6. The summed E-state index contributed by atoms with van der Waals surface area (Å²) in [5, 5.41) is 0. The van der Waals surface area contributed by atoms with E-state index >= 15 is 0 Å². The average Bonchev–Trinajstić information content (AvgIpc) is 3.11. The van der Waals surface area contributed by atoms with Crippen LogP contribution in [0.2, 0.25) is 0 Å². The lowest BCUT2D eigenvalue weighted by molar-refractivity contribution is -0.169. The molecule has 0 spiro atoms. The Hall–Kier alpha value is -2.69. The highest BCUT2D eigenvalue weighted by molar-refractivity contribution is 6.00. The molecule has 1 fully saturated rings. The van der Waals surface area contributed by atoms with Crippen molar-refractivity contribution in [1.82, 2.24) is 4.90 Å². The zero-order chi connectivity index (χ0) is 23.3. The summed E-state index contributed by atoms with van der Waals surface area (Å²) in [6.07, 6.45) is -4.78. The Labute approximate surface area is 178 Å². The van der Waals surface area contributed by atoms with Gasteiger partial charge in [-0.15, -0.1) is 0 Å². The maximum Gasteiger partial charge on any atom is 0.406 e. The number of halogens is 3. The summed E-state index contributed by atoms with van der Waals surface area (Å²) in [6, 6.07) is 2.30. The number of methoxy groups -OCH3 is 4. The van der Waals surface area contributed by atoms with Crippen molar-refractivity contribution in [3.8, 4) is 17.2 Å². The van der Waals surface area contributed by atoms with E-state index in [1.807, 2.05) is 0 Å². The molecule has 1 aliphatic rings. The normalized spacial score (nSPS) is 17.5. The van der Waals surface area contributed by atoms with Crippen molar-refractivity contribution < 1.29 is 41.7 Å². The molecule has 1 heterocycles. The molecular weight excluding hydrogens is 421 g/mol. The van der Waals surface area contributed by atoms with E-state index in [-0.39, 0.29) is 25.5 Å². The van der Waals surface area contributed by atoms with Crippen LogP contribution < -0.4 is 19.1 Å². The third-order valence-corrected chi connectivity index (χ3v) is 5.01. The highest BCUT2D eigenvalue weighted by atomic mass is 19.4. The Morgan fingerprint density at radius 3 is 2.19 bits per heavy atom. The van der Waals surface area contributed by atoms with Crippen LogP contribution >= 0.6 is 0 Å². The molecule has 31 heavy (non-hydrogen) atoms. The number of ether oxygens (including phenoxy) is 4. The van der Waals surface area contributed by atoms with Gasteiger partial charge >= 0.3 is 6.18 Å². The zero-order valence-corrected chi connectivity index (χ0v) is 18.1. The van der Waals surface area contributed by atoms with E-state index in [0.717, 1.165) is 4.90 Å². The van der Waals surface area contributed by atoms with Crippen LogP contribution in [-0.4, -0.2) is 77.1 Å². The number of rotatable bonds is 9. The number of carbonyl (C=O) groups is 2. The summed E-state index contributed by atoms with van der Waals surface area (Å²) in [5.41, 5.74) is 0.391. The van der Waals surface area contributed by atoms with Gasteiger partial charge in [-0.1, -0.05) is 0 Å². The van der Waals surface area contributed by atoms with Crippen molar-refractivity contribution >= 4 is 17.5 Å². The first-order valence-electron chi connectivity index (χ1n) is 9.52. The molecule has 0 bridgehead atoms. The predicted octanol–water partition coefficient (Wildman–Crippen LogP) is 2.49. The van der Waals surface area contributed by atoms with Crippen molar-refractivity contribution in [3.05, 3.63) is 12.1 Å². The Morgan fingerprint density at radius 2 is 1.74 bits per heavy atom. The van der Waals surface area contributed by atoms with Crippen molar-refractivity contribution in [2.75, 3.05) is 53.0 Å². The molecule has 0 aliphatic carbocycles. The molecule has 1 aromatic rings. The topological polar surface area (TPSA) is 77.5 Å². The molecule has 11 heteroatoms. The summed E-state index contributed by atoms with van der Waals surface area (Å²) in [7, 11) is 5.63. The second-order valence-electron chi connectivity index (χ2n) is 7.17. The van der Waals surface area contributed by atoms with Gasteiger partial charge in [0.05, 0.1) is 45.6 Å². The summed E-state index contributed by atoms with van der Waals surface area (Å²) < 4.78 is 59.9. The number of benzene rings is 1. The second kappa shape index (κ2) is 10.1. The minimum atomic E-state index is -4.57. The van der Waals surface area contributed by atoms with Crippen LogP contribution in [0.4, 0.5) is 18.9 Å². The third-order valence-electron chi connectivity index (χ3n) is 5.01. The smallest absolute Gasteiger partial charge is 0.406 e. The number of hydrogen-bond acceptors (Lipinski definition) is 6. The van der Waals surface area contributed by atoms with Crippen LogP contribution in [0.25, 0.3) is 0 Å². The van der Waals surface area contributed by atoms with E-state index in [2.05, 4.69) is 0 Å². The maximum atomic E-state index is 13.1. The fourth-order valence-electron chi connectivity index (χ4n) is 3.56. The van der Waals surface area contributed by atoms with Gasteiger partial charge in [0.15, 0.2) is 11.5 Å². The Morgan fingerprint density at radius 1 is 1.16 bits per heavy atom. The predicted molar refractivity (Wildman–Crippen MR) is 106 cm³/mol. The maximum absolute atomic E-state index is 13.1. The highest BCUT2D eigenvalue weighted by Crippen LogP contribution is 2.42. The van der Waals surface area contributed by atoms with Gasteiger partial charge in [0.2, 0.25) is 17.6 Å². The molecule has 1 aromatic carbocycles. The highest BCUT2D eigenvalue weighted by Gasteiger charge is 2.42. The molecular formula is C20H27F3N2O6. The molecule has 0 N–H and O–H groups in total. The third kappa shape index (κ3) is 5.72. The second-order valence-corrected chi connectivity index (χ2v) is 7.17.